The zero-order valence-electron chi connectivity index (χ0n) is 15.6. The van der Waals surface area contributed by atoms with Gasteiger partial charge in [-0.1, -0.05) is 29.3 Å². The number of nitrogens with zero attached hydrogens (tertiary/aromatic N) is 1. The summed E-state index contributed by atoms with van der Waals surface area (Å²) in [5.41, 5.74) is 2.67. The predicted molar refractivity (Wildman–Crippen MR) is 113 cm³/mol. The average Bonchev–Trinajstić information content (AvgIpc) is 2.68. The Morgan fingerprint density at radius 3 is 2.79 bits per heavy atom. The monoisotopic (exact) mass is 433 g/mol. The van der Waals surface area contributed by atoms with Crippen molar-refractivity contribution in [3.63, 3.8) is 0 Å². The lowest BCUT2D eigenvalue weighted by Crippen LogP contribution is -2.39. The molecule has 1 amide bonds. The second-order valence-electron chi connectivity index (χ2n) is 7.19. The third kappa shape index (κ3) is 3.88. The third-order valence-electron chi connectivity index (χ3n) is 5.08. The van der Waals surface area contributed by atoms with E-state index in [1.165, 1.54) is 12.1 Å². The first-order chi connectivity index (χ1) is 13.8. The van der Waals surface area contributed by atoms with Crippen LogP contribution in [0.1, 0.15) is 16.8 Å². The molecule has 5 nitrogen and oxygen atoms in total. The number of H-pyrrole nitrogens is 1. The second kappa shape index (κ2) is 7.78. The number of carbonyl (C=O) groups is 1. The summed E-state index contributed by atoms with van der Waals surface area (Å²) in [4.78, 5) is 30.2. The molecule has 2 aromatic carbocycles. The number of benzene rings is 2. The van der Waals surface area contributed by atoms with E-state index in [1.807, 2.05) is 17.9 Å². The van der Waals surface area contributed by atoms with Gasteiger partial charge in [-0.25, -0.2) is 4.39 Å². The van der Waals surface area contributed by atoms with Gasteiger partial charge >= 0.3 is 0 Å². The fourth-order valence-electron chi connectivity index (χ4n) is 3.59. The standard InChI is InChI=1S/C21H18Cl2FN3O2/c1-11-2-5-17(15(23)8-11)25-18(28)10-27-7-6-16-13(9-27)21(29)12-3-4-14(22)19(24)20(12)26-16/h2-5,8H,6-7,9-10H2,1H3,(H,25,28)(H,26,29). The Labute approximate surface area is 176 Å². The Morgan fingerprint density at radius 1 is 1.24 bits per heavy atom. The minimum Gasteiger partial charge on any atom is -0.355 e. The van der Waals surface area contributed by atoms with Crippen LogP contribution in [0.25, 0.3) is 10.9 Å². The maximum Gasteiger partial charge on any atom is 0.238 e. The summed E-state index contributed by atoms with van der Waals surface area (Å²) in [5.74, 6) is -0.838. The summed E-state index contributed by atoms with van der Waals surface area (Å²) in [7, 11) is 0. The van der Waals surface area contributed by atoms with Crippen LogP contribution in [-0.2, 0) is 17.8 Å². The molecule has 2 N–H and O–H groups in total. The molecule has 150 valence electrons. The van der Waals surface area contributed by atoms with Crippen molar-refractivity contribution in [2.24, 2.45) is 0 Å². The molecule has 0 fully saturated rings. The van der Waals surface area contributed by atoms with E-state index in [-0.39, 0.29) is 33.8 Å². The van der Waals surface area contributed by atoms with Gasteiger partial charge < -0.3 is 10.3 Å². The maximum atomic E-state index is 14.3. The summed E-state index contributed by atoms with van der Waals surface area (Å²) < 4.78 is 14.3. The summed E-state index contributed by atoms with van der Waals surface area (Å²) >= 11 is 12.0. The molecular formula is C21H18Cl2FN3O2. The number of hydrogen-bond donors (Lipinski definition) is 2. The fourth-order valence-corrected chi connectivity index (χ4v) is 4.03. The number of fused-ring (bicyclic) bond motifs is 2. The van der Waals surface area contributed by atoms with Crippen LogP contribution in [0.3, 0.4) is 0 Å². The number of anilines is 1. The van der Waals surface area contributed by atoms with Gasteiger partial charge in [0.05, 0.1) is 27.8 Å². The summed E-state index contributed by atoms with van der Waals surface area (Å²) in [6.07, 6.45) is 0.505. The molecule has 2 heterocycles. The lowest BCUT2D eigenvalue weighted by molar-refractivity contribution is -0.117. The zero-order valence-corrected chi connectivity index (χ0v) is 17.1. The Kier molecular flexibility index (Phi) is 5.34. The molecular weight excluding hydrogens is 416 g/mol. The highest BCUT2D eigenvalue weighted by molar-refractivity contribution is 6.33. The number of aryl methyl sites for hydroxylation is 1. The summed E-state index contributed by atoms with van der Waals surface area (Å²) in [5, 5.41) is 3.50. The number of nitrogens with one attached hydrogen (secondary N) is 2. The Morgan fingerprint density at radius 2 is 2.03 bits per heavy atom. The molecule has 1 aromatic heterocycles. The van der Waals surface area contributed by atoms with Gasteiger partial charge in [0.15, 0.2) is 11.2 Å². The highest BCUT2D eigenvalue weighted by Crippen LogP contribution is 2.25. The number of halogens is 3. The van der Waals surface area contributed by atoms with Gasteiger partial charge in [0.2, 0.25) is 5.91 Å². The van der Waals surface area contributed by atoms with Crippen LogP contribution in [0.4, 0.5) is 10.1 Å². The van der Waals surface area contributed by atoms with Crippen LogP contribution in [-0.4, -0.2) is 28.9 Å². The zero-order chi connectivity index (χ0) is 20.7. The van der Waals surface area contributed by atoms with E-state index >= 15 is 0 Å². The second-order valence-corrected chi connectivity index (χ2v) is 8.00. The van der Waals surface area contributed by atoms with Crippen molar-refractivity contribution in [2.45, 2.75) is 19.9 Å². The lowest BCUT2D eigenvalue weighted by atomic mass is 10.0. The van der Waals surface area contributed by atoms with E-state index in [2.05, 4.69) is 10.3 Å². The predicted octanol–water partition coefficient (Wildman–Crippen LogP) is 4.28. The Bertz CT molecular complexity index is 1190. The third-order valence-corrected chi connectivity index (χ3v) is 5.68. The van der Waals surface area contributed by atoms with E-state index in [4.69, 9.17) is 23.2 Å². The van der Waals surface area contributed by atoms with Gasteiger partial charge in [0, 0.05) is 36.2 Å². The molecule has 0 bridgehead atoms. The molecule has 4 rings (SSSR count). The molecule has 29 heavy (non-hydrogen) atoms. The van der Waals surface area contributed by atoms with Crippen LogP contribution in [0.2, 0.25) is 10.0 Å². The topological polar surface area (TPSA) is 65.2 Å². The average molecular weight is 434 g/mol. The normalized spacial score (nSPS) is 14.1. The van der Waals surface area contributed by atoms with Crippen molar-refractivity contribution in [3.8, 4) is 0 Å². The number of rotatable bonds is 3. The van der Waals surface area contributed by atoms with Crippen molar-refractivity contribution < 1.29 is 9.18 Å². The Hall–Kier alpha value is -2.41. The van der Waals surface area contributed by atoms with Crippen LogP contribution >= 0.6 is 23.2 Å². The maximum absolute atomic E-state index is 14.3. The van der Waals surface area contributed by atoms with Crippen LogP contribution in [0.15, 0.2) is 35.1 Å². The van der Waals surface area contributed by atoms with E-state index in [0.717, 1.165) is 5.56 Å². The number of pyridine rings is 1. The summed E-state index contributed by atoms with van der Waals surface area (Å²) in [6.45, 7) is 2.91. The van der Waals surface area contributed by atoms with Crippen molar-refractivity contribution >= 4 is 45.7 Å². The van der Waals surface area contributed by atoms with E-state index in [0.29, 0.717) is 41.5 Å². The molecule has 3 aromatic rings. The minimum absolute atomic E-state index is 0.0306. The van der Waals surface area contributed by atoms with Crippen molar-refractivity contribution in [3.05, 3.63) is 73.2 Å². The number of amides is 1. The van der Waals surface area contributed by atoms with Crippen molar-refractivity contribution in [2.75, 3.05) is 18.4 Å². The molecule has 8 heteroatoms. The van der Waals surface area contributed by atoms with Crippen molar-refractivity contribution in [1.82, 2.24) is 9.88 Å². The minimum atomic E-state index is -0.624. The number of carbonyl (C=O) groups excluding carboxylic acids is 1. The first-order valence-electron chi connectivity index (χ1n) is 9.13. The SMILES string of the molecule is Cc1ccc(NC(=O)CN2CCc3[nH]c4c(F)c(Cl)ccc4c(=O)c3C2)c(Cl)c1. The number of aromatic amines is 1. The molecule has 0 unspecified atom stereocenters. The largest absolute Gasteiger partial charge is 0.355 e. The molecule has 1 aliphatic rings. The van der Waals surface area contributed by atoms with Gasteiger partial charge in [0.1, 0.15) is 0 Å². The molecule has 0 atom stereocenters. The first kappa shape index (κ1) is 19.9. The van der Waals surface area contributed by atoms with E-state index in [9.17, 15) is 14.0 Å². The van der Waals surface area contributed by atoms with Gasteiger partial charge in [-0.15, -0.1) is 0 Å². The van der Waals surface area contributed by atoms with Crippen LogP contribution < -0.4 is 10.7 Å². The number of aromatic nitrogens is 1. The molecule has 0 radical (unpaired) electrons. The van der Waals surface area contributed by atoms with Gasteiger partial charge in [0.25, 0.3) is 0 Å². The van der Waals surface area contributed by atoms with Gasteiger partial charge in [-0.3, -0.25) is 14.5 Å². The fraction of sp³-hybridized carbons (Fsp3) is 0.238. The number of hydrogen-bond acceptors (Lipinski definition) is 3. The molecule has 1 aliphatic heterocycles. The quantitative estimate of drug-likeness (QED) is 0.647. The molecule has 0 spiro atoms. The highest BCUT2D eigenvalue weighted by atomic mass is 35.5. The van der Waals surface area contributed by atoms with E-state index in [1.54, 1.807) is 12.1 Å². The smallest absolute Gasteiger partial charge is 0.238 e. The molecule has 0 saturated heterocycles. The van der Waals surface area contributed by atoms with Gasteiger partial charge in [-0.05, 0) is 36.8 Å². The van der Waals surface area contributed by atoms with E-state index < -0.39 is 5.82 Å². The van der Waals surface area contributed by atoms with Crippen LogP contribution in [0.5, 0.6) is 0 Å². The Balaban J connectivity index is 1.54. The molecule has 0 aliphatic carbocycles. The first-order valence-corrected chi connectivity index (χ1v) is 9.89. The van der Waals surface area contributed by atoms with Crippen molar-refractivity contribution in [1.29, 1.82) is 0 Å². The van der Waals surface area contributed by atoms with Gasteiger partial charge in [-0.2, -0.15) is 0 Å². The summed E-state index contributed by atoms with van der Waals surface area (Å²) in [6, 6.07) is 8.31. The molecule has 0 saturated carbocycles. The van der Waals surface area contributed by atoms with Crippen LogP contribution in [0, 0.1) is 12.7 Å². The highest BCUT2D eigenvalue weighted by Gasteiger charge is 2.24. The lowest BCUT2D eigenvalue weighted by Gasteiger charge is -2.28.